The lowest BCUT2D eigenvalue weighted by atomic mass is 10.0. The minimum absolute atomic E-state index is 0.0679. The van der Waals surface area contributed by atoms with Crippen molar-refractivity contribution >= 4 is 11.9 Å². The molecule has 1 aromatic rings. The summed E-state index contributed by atoms with van der Waals surface area (Å²) in [5.74, 6) is -3.16. The molecule has 0 spiro atoms. The van der Waals surface area contributed by atoms with Crippen LogP contribution in [0.4, 0.5) is 8.78 Å². The molecular formula is C10H11F2N3O2. The first-order chi connectivity index (χ1) is 7.88. The second-order valence-electron chi connectivity index (χ2n) is 3.37. The van der Waals surface area contributed by atoms with Crippen molar-refractivity contribution < 1.29 is 18.7 Å². The molecule has 0 saturated carbocycles. The van der Waals surface area contributed by atoms with E-state index in [-0.39, 0.29) is 11.5 Å². The number of carbonyl (C=O) groups is 1. The molecule has 0 saturated heterocycles. The van der Waals surface area contributed by atoms with Crippen LogP contribution >= 0.6 is 0 Å². The van der Waals surface area contributed by atoms with Gasteiger partial charge in [0.2, 0.25) is 0 Å². The first kappa shape index (κ1) is 12.9. The summed E-state index contributed by atoms with van der Waals surface area (Å²) in [6, 6.07) is 1.64. The van der Waals surface area contributed by atoms with Crippen molar-refractivity contribution in [3.05, 3.63) is 35.4 Å². The summed E-state index contributed by atoms with van der Waals surface area (Å²) in [5.41, 5.74) is 10.3. The van der Waals surface area contributed by atoms with Crippen LogP contribution in [-0.4, -0.2) is 17.0 Å². The quantitative estimate of drug-likeness (QED) is 0.536. The first-order valence-corrected chi connectivity index (χ1v) is 4.65. The number of carboxylic acids is 1. The maximum Gasteiger partial charge on any atom is 0.305 e. The third kappa shape index (κ3) is 4.06. The summed E-state index contributed by atoms with van der Waals surface area (Å²) in [4.78, 5) is 14.2. The SMILES string of the molecule is NC(N)=NC(CC(=O)O)c1cc(F)cc(F)c1. The van der Waals surface area contributed by atoms with Gasteiger partial charge in [-0.25, -0.2) is 13.8 Å². The van der Waals surface area contributed by atoms with Crippen molar-refractivity contribution in [3.8, 4) is 0 Å². The molecule has 5 N–H and O–H groups in total. The average Bonchev–Trinajstić information content (AvgIpc) is 2.13. The number of aliphatic carboxylic acids is 1. The van der Waals surface area contributed by atoms with Crippen LogP contribution in [0.3, 0.4) is 0 Å². The minimum atomic E-state index is -1.18. The van der Waals surface area contributed by atoms with Crippen LogP contribution in [0.25, 0.3) is 0 Å². The molecule has 1 unspecified atom stereocenters. The second kappa shape index (κ2) is 5.24. The average molecular weight is 243 g/mol. The summed E-state index contributed by atoms with van der Waals surface area (Å²) in [7, 11) is 0. The van der Waals surface area contributed by atoms with Gasteiger partial charge in [0, 0.05) is 6.07 Å². The molecule has 1 atom stereocenters. The van der Waals surface area contributed by atoms with Crippen molar-refractivity contribution in [1.29, 1.82) is 0 Å². The number of aliphatic imine (C=N–C) groups is 1. The van der Waals surface area contributed by atoms with E-state index in [0.29, 0.717) is 6.07 Å². The maximum absolute atomic E-state index is 13.0. The van der Waals surface area contributed by atoms with E-state index in [1.54, 1.807) is 0 Å². The van der Waals surface area contributed by atoms with Crippen LogP contribution in [0.5, 0.6) is 0 Å². The van der Waals surface area contributed by atoms with Gasteiger partial charge >= 0.3 is 5.97 Å². The van der Waals surface area contributed by atoms with Gasteiger partial charge in [-0.15, -0.1) is 0 Å². The highest BCUT2D eigenvalue weighted by molar-refractivity contribution is 5.76. The molecule has 0 aliphatic rings. The van der Waals surface area contributed by atoms with Gasteiger partial charge < -0.3 is 16.6 Å². The lowest BCUT2D eigenvalue weighted by Crippen LogP contribution is -2.24. The predicted octanol–water partition coefficient (Wildman–Crippen LogP) is 0.754. The second-order valence-corrected chi connectivity index (χ2v) is 3.37. The van der Waals surface area contributed by atoms with Gasteiger partial charge in [-0.05, 0) is 17.7 Å². The highest BCUT2D eigenvalue weighted by Crippen LogP contribution is 2.23. The highest BCUT2D eigenvalue weighted by atomic mass is 19.1. The van der Waals surface area contributed by atoms with E-state index in [0.717, 1.165) is 12.1 Å². The minimum Gasteiger partial charge on any atom is -0.481 e. The van der Waals surface area contributed by atoms with Crippen LogP contribution in [-0.2, 0) is 4.79 Å². The van der Waals surface area contributed by atoms with E-state index in [1.807, 2.05) is 0 Å². The van der Waals surface area contributed by atoms with Crippen molar-refractivity contribution in [1.82, 2.24) is 0 Å². The lowest BCUT2D eigenvalue weighted by molar-refractivity contribution is -0.137. The summed E-state index contributed by atoms with van der Waals surface area (Å²) in [5, 5.41) is 8.66. The third-order valence-corrected chi connectivity index (χ3v) is 1.94. The molecule has 0 heterocycles. The lowest BCUT2D eigenvalue weighted by Gasteiger charge is -2.11. The Balaban J connectivity index is 3.11. The van der Waals surface area contributed by atoms with E-state index in [9.17, 15) is 13.6 Å². The Morgan fingerprint density at radius 1 is 1.29 bits per heavy atom. The van der Waals surface area contributed by atoms with Gasteiger partial charge in [-0.2, -0.15) is 0 Å². The normalized spacial score (nSPS) is 11.9. The monoisotopic (exact) mass is 243 g/mol. The Labute approximate surface area is 95.8 Å². The predicted molar refractivity (Wildman–Crippen MR) is 57.2 cm³/mol. The van der Waals surface area contributed by atoms with E-state index < -0.39 is 30.1 Å². The smallest absolute Gasteiger partial charge is 0.305 e. The molecule has 0 amide bonds. The van der Waals surface area contributed by atoms with Crippen molar-refractivity contribution in [2.75, 3.05) is 0 Å². The third-order valence-electron chi connectivity index (χ3n) is 1.94. The Morgan fingerprint density at radius 3 is 2.24 bits per heavy atom. The topological polar surface area (TPSA) is 102 Å². The zero-order chi connectivity index (χ0) is 13.0. The Bertz CT molecular complexity index is 439. The molecule has 92 valence electrons. The molecular weight excluding hydrogens is 232 g/mol. The fourth-order valence-electron chi connectivity index (χ4n) is 1.35. The van der Waals surface area contributed by atoms with Crippen LogP contribution < -0.4 is 11.5 Å². The number of hydrogen-bond acceptors (Lipinski definition) is 2. The van der Waals surface area contributed by atoms with Gasteiger partial charge in [0.1, 0.15) is 11.6 Å². The van der Waals surface area contributed by atoms with Crippen LogP contribution in [0.2, 0.25) is 0 Å². The van der Waals surface area contributed by atoms with Crippen LogP contribution in [0.15, 0.2) is 23.2 Å². The van der Waals surface area contributed by atoms with Crippen molar-refractivity contribution in [2.24, 2.45) is 16.5 Å². The van der Waals surface area contributed by atoms with Gasteiger partial charge in [-0.1, -0.05) is 0 Å². The molecule has 5 nitrogen and oxygen atoms in total. The Kier molecular flexibility index (Phi) is 3.97. The molecule has 7 heteroatoms. The number of guanidine groups is 1. The number of hydrogen-bond donors (Lipinski definition) is 3. The number of carboxylic acid groups (broad SMARTS) is 1. The Morgan fingerprint density at radius 2 is 1.82 bits per heavy atom. The number of nitrogens with two attached hydrogens (primary N) is 2. The molecule has 1 aromatic carbocycles. The number of benzene rings is 1. The van der Waals surface area contributed by atoms with E-state index >= 15 is 0 Å². The van der Waals surface area contributed by atoms with Crippen LogP contribution in [0, 0.1) is 11.6 Å². The van der Waals surface area contributed by atoms with Gasteiger partial charge in [0.25, 0.3) is 0 Å². The summed E-state index contributed by atoms with van der Waals surface area (Å²) in [6.45, 7) is 0. The molecule has 0 radical (unpaired) electrons. The number of nitrogens with zero attached hydrogens (tertiary/aromatic N) is 1. The molecule has 0 aliphatic heterocycles. The zero-order valence-corrected chi connectivity index (χ0v) is 8.73. The molecule has 1 rings (SSSR count). The van der Waals surface area contributed by atoms with Crippen molar-refractivity contribution in [2.45, 2.75) is 12.5 Å². The fourth-order valence-corrected chi connectivity index (χ4v) is 1.35. The first-order valence-electron chi connectivity index (χ1n) is 4.65. The molecule has 0 aliphatic carbocycles. The van der Waals surface area contributed by atoms with E-state index in [1.165, 1.54) is 0 Å². The Hall–Kier alpha value is -2.18. The van der Waals surface area contributed by atoms with Crippen LogP contribution in [0.1, 0.15) is 18.0 Å². The van der Waals surface area contributed by atoms with Gasteiger partial charge in [-0.3, -0.25) is 4.79 Å². The summed E-state index contributed by atoms with van der Waals surface area (Å²) < 4.78 is 25.9. The van der Waals surface area contributed by atoms with E-state index in [4.69, 9.17) is 16.6 Å². The van der Waals surface area contributed by atoms with E-state index in [2.05, 4.69) is 4.99 Å². The molecule has 17 heavy (non-hydrogen) atoms. The summed E-state index contributed by atoms with van der Waals surface area (Å²) in [6.07, 6.45) is -0.458. The number of halogens is 2. The van der Waals surface area contributed by atoms with Crippen molar-refractivity contribution in [3.63, 3.8) is 0 Å². The highest BCUT2D eigenvalue weighted by Gasteiger charge is 2.16. The number of rotatable bonds is 4. The van der Waals surface area contributed by atoms with Gasteiger partial charge in [0.15, 0.2) is 5.96 Å². The largest absolute Gasteiger partial charge is 0.481 e. The van der Waals surface area contributed by atoms with Gasteiger partial charge in [0.05, 0.1) is 12.5 Å². The fraction of sp³-hybridized carbons (Fsp3) is 0.200. The standard InChI is InChI=1S/C10H11F2N3O2/c11-6-1-5(2-7(12)3-6)8(4-9(16)17)15-10(13)14/h1-3,8H,4H2,(H,16,17)(H4,13,14,15). The zero-order valence-electron chi connectivity index (χ0n) is 8.73. The molecule has 0 fully saturated rings. The maximum atomic E-state index is 13.0. The summed E-state index contributed by atoms with van der Waals surface area (Å²) >= 11 is 0. The molecule has 0 aromatic heterocycles. The molecule has 0 bridgehead atoms.